The number of carbonyl (C=O) groups is 2. The molecule has 0 spiro atoms. The van der Waals surface area contributed by atoms with Crippen molar-refractivity contribution in [2.24, 2.45) is 0 Å². The van der Waals surface area contributed by atoms with Crippen LogP contribution in [0, 0.1) is 10.1 Å². The summed E-state index contributed by atoms with van der Waals surface area (Å²) >= 11 is 0. The Morgan fingerprint density at radius 2 is 1.86 bits per heavy atom. The molecular weight excluding hydrogens is 374 g/mol. The first-order valence-corrected chi connectivity index (χ1v) is 8.87. The number of pyridine rings is 1. The lowest BCUT2D eigenvalue weighted by Crippen LogP contribution is -2.42. The maximum absolute atomic E-state index is 12.2. The van der Waals surface area contributed by atoms with E-state index in [2.05, 4.69) is 10.3 Å². The standard InChI is InChI=1S/C21H19N3O5/c1-13(25)23-20(21(26)29-2)11-17-16-5-3-4-6-19(16)22-12-18(17)14-7-9-15(10-8-14)24(27)28/h3-10,12,20H,11H2,1-2H3,(H,23,25)/t20-/m0/s1. The van der Waals surface area contributed by atoms with Crippen LogP contribution in [0.15, 0.2) is 54.7 Å². The van der Waals surface area contributed by atoms with Gasteiger partial charge in [0.1, 0.15) is 6.04 Å². The van der Waals surface area contributed by atoms with Crippen LogP contribution < -0.4 is 5.32 Å². The molecule has 8 nitrogen and oxygen atoms in total. The van der Waals surface area contributed by atoms with E-state index in [0.717, 1.165) is 27.6 Å². The van der Waals surface area contributed by atoms with Crippen molar-refractivity contribution in [3.05, 3.63) is 70.4 Å². The Bertz CT molecular complexity index is 1080. The largest absolute Gasteiger partial charge is 0.467 e. The van der Waals surface area contributed by atoms with Crippen LogP contribution in [0.5, 0.6) is 0 Å². The van der Waals surface area contributed by atoms with Crippen LogP contribution in [0.3, 0.4) is 0 Å². The number of nitro benzene ring substituents is 1. The summed E-state index contributed by atoms with van der Waals surface area (Å²) in [6.07, 6.45) is 1.85. The molecule has 148 valence electrons. The number of nitrogens with zero attached hydrogens (tertiary/aromatic N) is 2. The first kappa shape index (κ1) is 19.9. The minimum atomic E-state index is -0.875. The second-order valence-corrected chi connectivity index (χ2v) is 6.45. The van der Waals surface area contributed by atoms with Crippen LogP contribution in [0.4, 0.5) is 5.69 Å². The van der Waals surface area contributed by atoms with Gasteiger partial charge in [0.2, 0.25) is 5.91 Å². The number of non-ortho nitro benzene ring substituents is 1. The highest BCUT2D eigenvalue weighted by atomic mass is 16.6. The van der Waals surface area contributed by atoms with E-state index in [9.17, 15) is 19.7 Å². The summed E-state index contributed by atoms with van der Waals surface area (Å²) in [6.45, 7) is 1.33. The highest BCUT2D eigenvalue weighted by Gasteiger charge is 2.24. The number of methoxy groups -OCH3 is 1. The van der Waals surface area contributed by atoms with Crippen molar-refractivity contribution in [3.63, 3.8) is 0 Å². The van der Waals surface area contributed by atoms with Gasteiger partial charge in [-0.3, -0.25) is 19.9 Å². The molecule has 0 aliphatic rings. The van der Waals surface area contributed by atoms with Gasteiger partial charge in [-0.25, -0.2) is 4.79 Å². The zero-order valence-corrected chi connectivity index (χ0v) is 15.9. The molecule has 3 rings (SSSR count). The molecular formula is C21H19N3O5. The molecule has 0 saturated heterocycles. The minimum Gasteiger partial charge on any atom is -0.467 e. The summed E-state index contributed by atoms with van der Waals surface area (Å²) < 4.78 is 4.84. The Morgan fingerprint density at radius 3 is 2.48 bits per heavy atom. The molecule has 3 aromatic rings. The fourth-order valence-electron chi connectivity index (χ4n) is 3.21. The van der Waals surface area contributed by atoms with Gasteiger partial charge in [0.25, 0.3) is 5.69 Å². The number of para-hydroxylation sites is 1. The number of hydrogen-bond acceptors (Lipinski definition) is 6. The lowest BCUT2D eigenvalue weighted by molar-refractivity contribution is -0.384. The average Bonchev–Trinajstić information content (AvgIpc) is 2.72. The zero-order valence-electron chi connectivity index (χ0n) is 15.9. The normalized spacial score (nSPS) is 11.7. The molecule has 0 unspecified atom stereocenters. The molecule has 1 N–H and O–H groups in total. The maximum atomic E-state index is 12.2. The first-order chi connectivity index (χ1) is 13.9. The molecule has 2 aromatic carbocycles. The van der Waals surface area contributed by atoms with E-state index in [1.54, 1.807) is 18.3 Å². The molecule has 0 aliphatic heterocycles. The van der Waals surface area contributed by atoms with Crippen molar-refractivity contribution < 1.29 is 19.2 Å². The maximum Gasteiger partial charge on any atom is 0.328 e. The third-order valence-corrected chi connectivity index (χ3v) is 4.55. The van der Waals surface area contributed by atoms with E-state index < -0.39 is 16.9 Å². The quantitative estimate of drug-likeness (QED) is 0.391. The second-order valence-electron chi connectivity index (χ2n) is 6.45. The first-order valence-electron chi connectivity index (χ1n) is 8.87. The van der Waals surface area contributed by atoms with Gasteiger partial charge in [0.15, 0.2) is 0 Å². The topological polar surface area (TPSA) is 111 Å². The van der Waals surface area contributed by atoms with Crippen LogP contribution in [0.1, 0.15) is 12.5 Å². The Hall–Kier alpha value is -3.81. The molecule has 1 heterocycles. The smallest absolute Gasteiger partial charge is 0.328 e. The number of esters is 1. The van der Waals surface area contributed by atoms with Crippen molar-refractivity contribution in [2.45, 2.75) is 19.4 Å². The van der Waals surface area contributed by atoms with Crippen LogP contribution in [0.2, 0.25) is 0 Å². The molecule has 0 fully saturated rings. The number of ether oxygens (including phenoxy) is 1. The van der Waals surface area contributed by atoms with Crippen LogP contribution in [-0.4, -0.2) is 34.9 Å². The average molecular weight is 393 g/mol. The molecule has 0 bridgehead atoms. The van der Waals surface area contributed by atoms with E-state index in [-0.39, 0.29) is 18.0 Å². The summed E-state index contributed by atoms with van der Waals surface area (Å²) in [5.41, 5.74) is 2.94. The molecule has 1 atom stereocenters. The van der Waals surface area contributed by atoms with Gasteiger partial charge < -0.3 is 10.1 Å². The summed E-state index contributed by atoms with van der Waals surface area (Å²) in [5.74, 6) is -0.911. The van der Waals surface area contributed by atoms with Gasteiger partial charge in [-0.05, 0) is 29.3 Å². The van der Waals surface area contributed by atoms with Crippen molar-refractivity contribution >= 4 is 28.5 Å². The van der Waals surface area contributed by atoms with E-state index in [1.807, 2.05) is 24.3 Å². The molecule has 0 saturated carbocycles. The van der Waals surface area contributed by atoms with Gasteiger partial charge in [0, 0.05) is 42.6 Å². The van der Waals surface area contributed by atoms with Gasteiger partial charge in [-0.1, -0.05) is 18.2 Å². The molecule has 8 heteroatoms. The monoisotopic (exact) mass is 393 g/mol. The Kier molecular flexibility index (Phi) is 5.82. The summed E-state index contributed by atoms with van der Waals surface area (Å²) in [5, 5.41) is 14.4. The fourth-order valence-corrected chi connectivity index (χ4v) is 3.21. The molecule has 1 amide bonds. The van der Waals surface area contributed by atoms with Crippen LogP contribution >= 0.6 is 0 Å². The minimum absolute atomic E-state index is 0.0188. The second kappa shape index (κ2) is 8.47. The SMILES string of the molecule is COC(=O)[C@H](Cc1c(-c2ccc([N+](=O)[O-])cc2)cnc2ccccc12)NC(C)=O. The van der Waals surface area contributed by atoms with Crippen molar-refractivity contribution in [3.8, 4) is 11.1 Å². The van der Waals surface area contributed by atoms with Gasteiger partial charge >= 0.3 is 5.97 Å². The third-order valence-electron chi connectivity index (χ3n) is 4.55. The zero-order chi connectivity index (χ0) is 21.0. The highest BCUT2D eigenvalue weighted by Crippen LogP contribution is 2.31. The number of aromatic nitrogens is 1. The van der Waals surface area contributed by atoms with Crippen molar-refractivity contribution in [1.82, 2.24) is 10.3 Å². The third kappa shape index (κ3) is 4.37. The number of nitrogens with one attached hydrogen (secondary N) is 1. The summed E-state index contributed by atoms with van der Waals surface area (Å²) in [6, 6.07) is 12.7. The molecule has 29 heavy (non-hydrogen) atoms. The van der Waals surface area contributed by atoms with Crippen LogP contribution in [-0.2, 0) is 20.7 Å². The van der Waals surface area contributed by atoms with Crippen LogP contribution in [0.25, 0.3) is 22.0 Å². The lowest BCUT2D eigenvalue weighted by Gasteiger charge is -2.19. The highest BCUT2D eigenvalue weighted by molar-refractivity contribution is 5.90. The Morgan fingerprint density at radius 1 is 1.17 bits per heavy atom. The molecule has 0 aliphatic carbocycles. The number of fused-ring (bicyclic) bond motifs is 1. The van der Waals surface area contributed by atoms with E-state index in [1.165, 1.54) is 26.2 Å². The fraction of sp³-hybridized carbons (Fsp3) is 0.190. The number of hydrogen-bond donors (Lipinski definition) is 1. The summed E-state index contributed by atoms with van der Waals surface area (Å²) in [7, 11) is 1.26. The number of amides is 1. The Balaban J connectivity index is 2.14. The van der Waals surface area contributed by atoms with E-state index in [4.69, 9.17) is 4.74 Å². The number of rotatable bonds is 6. The van der Waals surface area contributed by atoms with Crippen molar-refractivity contribution in [1.29, 1.82) is 0 Å². The van der Waals surface area contributed by atoms with Gasteiger partial charge in [-0.2, -0.15) is 0 Å². The lowest BCUT2D eigenvalue weighted by atomic mass is 9.93. The Labute approximate surface area is 166 Å². The summed E-state index contributed by atoms with van der Waals surface area (Å²) in [4.78, 5) is 38.8. The van der Waals surface area contributed by atoms with Gasteiger partial charge in [0.05, 0.1) is 17.5 Å². The predicted octanol–water partition coefficient (Wildman–Crippen LogP) is 3.03. The predicted molar refractivity (Wildman–Crippen MR) is 107 cm³/mol. The van der Waals surface area contributed by atoms with Gasteiger partial charge in [-0.15, -0.1) is 0 Å². The number of carbonyl (C=O) groups excluding carboxylic acids is 2. The molecule has 1 aromatic heterocycles. The van der Waals surface area contributed by atoms with E-state index >= 15 is 0 Å². The van der Waals surface area contributed by atoms with E-state index in [0.29, 0.717) is 0 Å². The number of benzene rings is 2. The van der Waals surface area contributed by atoms with Crippen molar-refractivity contribution in [2.75, 3.05) is 7.11 Å². The number of nitro groups is 1. The molecule has 0 radical (unpaired) electrons.